The van der Waals surface area contributed by atoms with Gasteiger partial charge in [-0.15, -0.1) is 0 Å². The summed E-state index contributed by atoms with van der Waals surface area (Å²) in [5, 5.41) is 7.71. The molecule has 2 rings (SSSR count). The van der Waals surface area contributed by atoms with E-state index in [4.69, 9.17) is 0 Å². The van der Waals surface area contributed by atoms with Crippen molar-refractivity contribution in [2.75, 3.05) is 6.54 Å². The van der Waals surface area contributed by atoms with E-state index in [1.165, 1.54) is 18.5 Å². The molecule has 0 saturated carbocycles. The van der Waals surface area contributed by atoms with Crippen molar-refractivity contribution in [3.63, 3.8) is 0 Å². The van der Waals surface area contributed by atoms with Gasteiger partial charge in [-0.25, -0.2) is 0 Å². The Morgan fingerprint density at radius 2 is 2.56 bits per heavy atom. The first-order valence-electron chi connectivity index (χ1n) is 3.22. The van der Waals surface area contributed by atoms with Crippen LogP contribution in [0.1, 0.15) is 18.0 Å². The van der Waals surface area contributed by atoms with Gasteiger partial charge in [0.15, 0.2) is 0 Å². The van der Waals surface area contributed by atoms with Crippen molar-refractivity contribution < 1.29 is 0 Å². The third-order valence-corrected chi connectivity index (χ3v) is 2.47. The Morgan fingerprint density at radius 1 is 1.67 bits per heavy atom. The van der Waals surface area contributed by atoms with Gasteiger partial charge in [0, 0.05) is 6.04 Å². The molecule has 0 spiro atoms. The SMILES string of the molecule is c1cc([C@@H]2CCN2)cs1. The van der Waals surface area contributed by atoms with E-state index in [1.807, 2.05) is 0 Å². The van der Waals surface area contributed by atoms with E-state index in [1.54, 1.807) is 11.3 Å². The first kappa shape index (κ1) is 5.45. The average Bonchev–Trinajstić information content (AvgIpc) is 2.11. The van der Waals surface area contributed by atoms with Crippen LogP contribution in [0.3, 0.4) is 0 Å². The molecule has 1 fully saturated rings. The maximum atomic E-state index is 3.35. The van der Waals surface area contributed by atoms with E-state index in [0.717, 1.165) is 0 Å². The Balaban J connectivity index is 2.14. The highest BCUT2D eigenvalue weighted by Crippen LogP contribution is 2.23. The number of hydrogen-bond donors (Lipinski definition) is 1. The summed E-state index contributed by atoms with van der Waals surface area (Å²) >= 11 is 1.78. The summed E-state index contributed by atoms with van der Waals surface area (Å²) in [6.45, 7) is 1.19. The van der Waals surface area contributed by atoms with Crippen LogP contribution in [0.4, 0.5) is 0 Å². The number of thiophene rings is 1. The van der Waals surface area contributed by atoms with Crippen LogP contribution in [-0.4, -0.2) is 6.54 Å². The Morgan fingerprint density at radius 3 is 3.00 bits per heavy atom. The first-order chi connectivity index (χ1) is 4.47. The van der Waals surface area contributed by atoms with E-state index in [-0.39, 0.29) is 0 Å². The normalized spacial score (nSPS) is 25.6. The summed E-state index contributed by atoms with van der Waals surface area (Å²) in [5.74, 6) is 0. The molecule has 0 bridgehead atoms. The molecular weight excluding hydrogens is 130 g/mol. The Bertz CT molecular complexity index is 177. The minimum Gasteiger partial charge on any atom is -0.310 e. The second-order valence-corrected chi connectivity index (χ2v) is 3.13. The van der Waals surface area contributed by atoms with Crippen LogP contribution in [0.15, 0.2) is 16.8 Å². The minimum absolute atomic E-state index is 0.677. The second-order valence-electron chi connectivity index (χ2n) is 2.35. The maximum Gasteiger partial charge on any atom is 0.0340 e. The summed E-state index contributed by atoms with van der Waals surface area (Å²) in [7, 11) is 0. The standard InChI is InChI=1S/C7H9NS/c1-3-8-7(1)6-2-4-9-5-6/h2,4-5,7-8H,1,3H2/t7-/m0/s1. The molecule has 0 radical (unpaired) electrons. The monoisotopic (exact) mass is 139 g/mol. The highest BCUT2D eigenvalue weighted by Gasteiger charge is 2.17. The zero-order valence-electron chi connectivity index (χ0n) is 5.13. The lowest BCUT2D eigenvalue weighted by molar-refractivity contribution is 0.384. The average molecular weight is 139 g/mol. The van der Waals surface area contributed by atoms with E-state index in [0.29, 0.717) is 6.04 Å². The Kier molecular flexibility index (Phi) is 1.28. The van der Waals surface area contributed by atoms with Crippen LogP contribution >= 0.6 is 11.3 Å². The molecule has 0 amide bonds. The molecule has 1 N–H and O–H groups in total. The van der Waals surface area contributed by atoms with Gasteiger partial charge in [-0.3, -0.25) is 0 Å². The summed E-state index contributed by atoms with van der Waals surface area (Å²) in [6, 6.07) is 2.87. The fraction of sp³-hybridized carbons (Fsp3) is 0.429. The van der Waals surface area contributed by atoms with Gasteiger partial charge in [0.2, 0.25) is 0 Å². The van der Waals surface area contributed by atoms with Crippen LogP contribution in [0, 0.1) is 0 Å². The lowest BCUT2D eigenvalue weighted by Gasteiger charge is -2.26. The van der Waals surface area contributed by atoms with Gasteiger partial charge < -0.3 is 5.32 Å². The molecule has 1 aliphatic rings. The number of rotatable bonds is 1. The van der Waals surface area contributed by atoms with E-state index < -0.39 is 0 Å². The lowest BCUT2D eigenvalue weighted by Crippen LogP contribution is -2.34. The lowest BCUT2D eigenvalue weighted by atomic mass is 10.0. The topological polar surface area (TPSA) is 12.0 Å². The van der Waals surface area contributed by atoms with Crippen molar-refractivity contribution in [1.29, 1.82) is 0 Å². The highest BCUT2D eigenvalue weighted by molar-refractivity contribution is 7.07. The minimum atomic E-state index is 0.677. The molecule has 1 aliphatic heterocycles. The van der Waals surface area contributed by atoms with Gasteiger partial charge in [0.25, 0.3) is 0 Å². The molecule has 0 aromatic carbocycles. The van der Waals surface area contributed by atoms with Crippen molar-refractivity contribution in [3.8, 4) is 0 Å². The number of nitrogens with one attached hydrogen (secondary N) is 1. The predicted octanol–water partition coefficient (Wildman–Crippen LogP) is 1.78. The quantitative estimate of drug-likeness (QED) is 0.625. The van der Waals surface area contributed by atoms with E-state index in [2.05, 4.69) is 22.1 Å². The third-order valence-electron chi connectivity index (χ3n) is 1.77. The third kappa shape index (κ3) is 0.884. The summed E-state index contributed by atoms with van der Waals surface area (Å²) in [6.07, 6.45) is 1.32. The summed E-state index contributed by atoms with van der Waals surface area (Å²) in [4.78, 5) is 0. The van der Waals surface area contributed by atoms with Gasteiger partial charge in [0.1, 0.15) is 0 Å². The van der Waals surface area contributed by atoms with Gasteiger partial charge in [-0.05, 0) is 35.4 Å². The smallest absolute Gasteiger partial charge is 0.0340 e. The van der Waals surface area contributed by atoms with Crippen molar-refractivity contribution in [1.82, 2.24) is 5.32 Å². The molecule has 0 unspecified atom stereocenters. The van der Waals surface area contributed by atoms with Crippen molar-refractivity contribution in [2.45, 2.75) is 12.5 Å². The van der Waals surface area contributed by atoms with Crippen LogP contribution in [-0.2, 0) is 0 Å². The van der Waals surface area contributed by atoms with Crippen LogP contribution in [0.5, 0.6) is 0 Å². The first-order valence-corrected chi connectivity index (χ1v) is 4.16. The van der Waals surface area contributed by atoms with Gasteiger partial charge in [-0.2, -0.15) is 11.3 Å². The van der Waals surface area contributed by atoms with Crippen molar-refractivity contribution in [2.24, 2.45) is 0 Å². The Labute approximate surface area is 58.7 Å². The molecule has 48 valence electrons. The van der Waals surface area contributed by atoms with Crippen molar-refractivity contribution >= 4 is 11.3 Å². The van der Waals surface area contributed by atoms with Gasteiger partial charge >= 0.3 is 0 Å². The van der Waals surface area contributed by atoms with Crippen LogP contribution < -0.4 is 5.32 Å². The van der Waals surface area contributed by atoms with Crippen LogP contribution in [0.2, 0.25) is 0 Å². The largest absolute Gasteiger partial charge is 0.310 e. The maximum absolute atomic E-state index is 3.35. The molecule has 1 saturated heterocycles. The fourth-order valence-corrected chi connectivity index (χ4v) is 1.76. The molecule has 2 heteroatoms. The zero-order valence-corrected chi connectivity index (χ0v) is 5.95. The summed E-state index contributed by atoms with van der Waals surface area (Å²) < 4.78 is 0. The molecule has 1 aromatic heterocycles. The molecule has 1 atom stereocenters. The van der Waals surface area contributed by atoms with Crippen LogP contribution in [0.25, 0.3) is 0 Å². The van der Waals surface area contributed by atoms with E-state index in [9.17, 15) is 0 Å². The van der Waals surface area contributed by atoms with Crippen molar-refractivity contribution in [3.05, 3.63) is 22.4 Å². The second kappa shape index (κ2) is 2.12. The predicted molar refractivity (Wildman–Crippen MR) is 39.7 cm³/mol. The molecular formula is C7H9NS. The van der Waals surface area contributed by atoms with Gasteiger partial charge in [0.05, 0.1) is 0 Å². The molecule has 9 heavy (non-hydrogen) atoms. The Hall–Kier alpha value is -0.340. The number of hydrogen-bond acceptors (Lipinski definition) is 2. The van der Waals surface area contributed by atoms with E-state index >= 15 is 0 Å². The fourth-order valence-electron chi connectivity index (χ4n) is 1.05. The highest BCUT2D eigenvalue weighted by atomic mass is 32.1. The summed E-state index contributed by atoms with van der Waals surface area (Å²) in [5.41, 5.74) is 1.46. The molecule has 1 aromatic rings. The van der Waals surface area contributed by atoms with Gasteiger partial charge in [-0.1, -0.05) is 0 Å². The molecule has 0 aliphatic carbocycles. The molecule has 2 heterocycles. The molecule has 1 nitrogen and oxygen atoms in total. The zero-order chi connectivity index (χ0) is 6.10.